The number of oxazole rings is 1. The Hall–Kier alpha value is -2.95. The molecule has 0 fully saturated rings. The summed E-state index contributed by atoms with van der Waals surface area (Å²) >= 11 is 0. The van der Waals surface area contributed by atoms with Gasteiger partial charge in [0.15, 0.2) is 5.76 Å². The maximum absolute atomic E-state index is 12.9. The van der Waals surface area contributed by atoms with Gasteiger partial charge in [0.1, 0.15) is 5.82 Å². The van der Waals surface area contributed by atoms with E-state index in [1.54, 1.807) is 30.5 Å². The predicted octanol–water partition coefficient (Wildman–Crippen LogP) is 3.85. The zero-order valence-corrected chi connectivity index (χ0v) is 10.8. The number of halogens is 1. The topological polar surface area (TPSA) is 63.3 Å². The largest absolute Gasteiger partial charge is 0.478 e. The van der Waals surface area contributed by atoms with Gasteiger partial charge >= 0.3 is 5.97 Å². The van der Waals surface area contributed by atoms with Gasteiger partial charge in [-0.15, -0.1) is 0 Å². The molecule has 0 bridgehead atoms. The summed E-state index contributed by atoms with van der Waals surface area (Å²) < 4.78 is 18.5. The van der Waals surface area contributed by atoms with E-state index in [9.17, 15) is 9.18 Å². The number of benzene rings is 2. The molecule has 3 rings (SSSR count). The number of carboxylic acid groups (broad SMARTS) is 1. The van der Waals surface area contributed by atoms with Gasteiger partial charge < -0.3 is 9.52 Å². The van der Waals surface area contributed by atoms with Crippen LogP contribution >= 0.6 is 0 Å². The van der Waals surface area contributed by atoms with Gasteiger partial charge in [0.05, 0.1) is 11.8 Å². The number of rotatable bonds is 3. The number of aromatic nitrogens is 1. The normalized spacial score (nSPS) is 10.5. The standard InChI is InChI=1S/C16H10FNO3/c17-13-7-5-10(6-8-13)14-9-18-15(21-14)11-1-3-12(4-2-11)16(19)20/h1-9H,(H,19,20). The minimum absolute atomic E-state index is 0.198. The zero-order chi connectivity index (χ0) is 14.8. The summed E-state index contributed by atoms with van der Waals surface area (Å²) in [7, 11) is 0. The van der Waals surface area contributed by atoms with Gasteiger partial charge in [-0.2, -0.15) is 0 Å². The van der Waals surface area contributed by atoms with Crippen molar-refractivity contribution >= 4 is 5.97 Å². The first-order valence-corrected chi connectivity index (χ1v) is 6.19. The van der Waals surface area contributed by atoms with Crippen LogP contribution in [-0.4, -0.2) is 16.1 Å². The van der Waals surface area contributed by atoms with Crippen LogP contribution in [0.25, 0.3) is 22.8 Å². The maximum atomic E-state index is 12.9. The van der Waals surface area contributed by atoms with Gasteiger partial charge in [-0.3, -0.25) is 0 Å². The van der Waals surface area contributed by atoms with Crippen molar-refractivity contribution in [1.82, 2.24) is 4.98 Å². The summed E-state index contributed by atoms with van der Waals surface area (Å²) in [4.78, 5) is 14.9. The first-order valence-electron chi connectivity index (χ1n) is 6.19. The molecule has 0 aliphatic carbocycles. The highest BCUT2D eigenvalue weighted by atomic mass is 19.1. The van der Waals surface area contributed by atoms with Crippen LogP contribution in [0.3, 0.4) is 0 Å². The molecule has 21 heavy (non-hydrogen) atoms. The van der Waals surface area contributed by atoms with Crippen molar-refractivity contribution < 1.29 is 18.7 Å². The van der Waals surface area contributed by atoms with Crippen LogP contribution in [-0.2, 0) is 0 Å². The molecule has 1 aromatic heterocycles. The molecule has 0 aliphatic rings. The predicted molar refractivity (Wildman–Crippen MR) is 74.3 cm³/mol. The molecule has 1 heterocycles. The zero-order valence-electron chi connectivity index (χ0n) is 10.8. The van der Waals surface area contributed by atoms with E-state index < -0.39 is 5.97 Å². The van der Waals surface area contributed by atoms with Gasteiger partial charge in [-0.25, -0.2) is 14.2 Å². The van der Waals surface area contributed by atoms with Crippen LogP contribution < -0.4 is 0 Å². The summed E-state index contributed by atoms with van der Waals surface area (Å²) in [5.74, 6) is -0.401. The second-order valence-corrected chi connectivity index (χ2v) is 4.42. The van der Waals surface area contributed by atoms with E-state index >= 15 is 0 Å². The second kappa shape index (κ2) is 5.20. The average molecular weight is 283 g/mol. The quantitative estimate of drug-likeness (QED) is 0.793. The summed E-state index contributed by atoms with van der Waals surface area (Å²) in [6.45, 7) is 0. The van der Waals surface area contributed by atoms with E-state index in [0.29, 0.717) is 17.2 Å². The Morgan fingerprint density at radius 1 is 1.00 bits per heavy atom. The fourth-order valence-electron chi connectivity index (χ4n) is 1.91. The van der Waals surface area contributed by atoms with E-state index in [1.807, 2.05) is 0 Å². The lowest BCUT2D eigenvalue weighted by molar-refractivity contribution is 0.0697. The Balaban J connectivity index is 1.90. The Labute approximate surface area is 119 Å². The smallest absolute Gasteiger partial charge is 0.335 e. The molecule has 0 unspecified atom stereocenters. The van der Waals surface area contributed by atoms with Gasteiger partial charge in [-0.05, 0) is 48.5 Å². The molecule has 4 nitrogen and oxygen atoms in total. The van der Waals surface area contributed by atoms with Crippen LogP contribution in [0.2, 0.25) is 0 Å². The second-order valence-electron chi connectivity index (χ2n) is 4.42. The Morgan fingerprint density at radius 3 is 2.24 bits per heavy atom. The highest BCUT2D eigenvalue weighted by molar-refractivity contribution is 5.88. The number of aromatic carboxylic acids is 1. The fourth-order valence-corrected chi connectivity index (χ4v) is 1.91. The number of nitrogens with zero attached hydrogens (tertiary/aromatic N) is 1. The lowest BCUT2D eigenvalue weighted by atomic mass is 10.1. The third kappa shape index (κ3) is 2.67. The number of hydrogen-bond donors (Lipinski definition) is 1. The first kappa shape index (κ1) is 13.1. The lowest BCUT2D eigenvalue weighted by Crippen LogP contribution is -1.94. The van der Waals surface area contributed by atoms with Gasteiger partial charge in [0.25, 0.3) is 0 Å². The molecule has 5 heteroatoms. The van der Waals surface area contributed by atoms with E-state index in [1.165, 1.54) is 24.3 Å². The number of hydrogen-bond acceptors (Lipinski definition) is 3. The molecule has 2 aromatic carbocycles. The molecule has 0 saturated heterocycles. The molecular formula is C16H10FNO3. The van der Waals surface area contributed by atoms with E-state index in [-0.39, 0.29) is 11.4 Å². The lowest BCUT2D eigenvalue weighted by Gasteiger charge is -1.98. The molecule has 0 atom stereocenters. The number of carboxylic acids is 1. The molecule has 0 spiro atoms. The first-order chi connectivity index (χ1) is 10.1. The Morgan fingerprint density at radius 2 is 1.62 bits per heavy atom. The third-order valence-electron chi connectivity index (χ3n) is 3.01. The highest BCUT2D eigenvalue weighted by Gasteiger charge is 2.09. The van der Waals surface area contributed by atoms with E-state index in [0.717, 1.165) is 5.56 Å². The van der Waals surface area contributed by atoms with Crippen molar-refractivity contribution in [3.05, 3.63) is 66.1 Å². The van der Waals surface area contributed by atoms with Gasteiger partial charge in [0.2, 0.25) is 5.89 Å². The van der Waals surface area contributed by atoms with Crippen molar-refractivity contribution in [3.8, 4) is 22.8 Å². The SMILES string of the molecule is O=C(O)c1ccc(-c2ncc(-c3ccc(F)cc3)o2)cc1. The summed E-state index contributed by atoms with van der Waals surface area (Å²) in [6, 6.07) is 12.1. The van der Waals surface area contributed by atoms with Gasteiger partial charge in [0, 0.05) is 11.1 Å². The molecule has 0 amide bonds. The molecule has 3 aromatic rings. The van der Waals surface area contributed by atoms with Crippen LogP contribution in [0.4, 0.5) is 4.39 Å². The van der Waals surface area contributed by atoms with Crippen molar-refractivity contribution in [2.24, 2.45) is 0 Å². The Kier molecular flexibility index (Phi) is 3.23. The summed E-state index contributed by atoms with van der Waals surface area (Å²) in [5.41, 5.74) is 1.59. The van der Waals surface area contributed by atoms with Crippen molar-refractivity contribution in [3.63, 3.8) is 0 Å². The molecule has 0 saturated carbocycles. The van der Waals surface area contributed by atoms with Crippen LogP contribution in [0, 0.1) is 5.82 Å². The third-order valence-corrected chi connectivity index (χ3v) is 3.01. The summed E-state index contributed by atoms with van der Waals surface area (Å²) in [6.07, 6.45) is 1.55. The highest BCUT2D eigenvalue weighted by Crippen LogP contribution is 2.26. The summed E-state index contributed by atoms with van der Waals surface area (Å²) in [5, 5.41) is 8.85. The minimum Gasteiger partial charge on any atom is -0.478 e. The Bertz CT molecular complexity index is 776. The van der Waals surface area contributed by atoms with Gasteiger partial charge in [-0.1, -0.05) is 0 Å². The minimum atomic E-state index is -0.985. The van der Waals surface area contributed by atoms with Crippen LogP contribution in [0.15, 0.2) is 59.1 Å². The fraction of sp³-hybridized carbons (Fsp3) is 0. The van der Waals surface area contributed by atoms with Crippen molar-refractivity contribution in [2.75, 3.05) is 0 Å². The van der Waals surface area contributed by atoms with Crippen LogP contribution in [0.5, 0.6) is 0 Å². The van der Waals surface area contributed by atoms with Crippen LogP contribution in [0.1, 0.15) is 10.4 Å². The molecular weight excluding hydrogens is 273 g/mol. The van der Waals surface area contributed by atoms with E-state index in [4.69, 9.17) is 9.52 Å². The number of carbonyl (C=O) groups is 1. The maximum Gasteiger partial charge on any atom is 0.335 e. The molecule has 1 N–H and O–H groups in total. The molecule has 0 aliphatic heterocycles. The monoisotopic (exact) mass is 283 g/mol. The average Bonchev–Trinajstić information content (AvgIpc) is 2.98. The molecule has 0 radical (unpaired) electrons. The van der Waals surface area contributed by atoms with Crippen molar-refractivity contribution in [2.45, 2.75) is 0 Å². The van der Waals surface area contributed by atoms with E-state index in [2.05, 4.69) is 4.98 Å². The van der Waals surface area contributed by atoms with Crippen molar-refractivity contribution in [1.29, 1.82) is 0 Å². The molecule has 104 valence electrons.